The summed E-state index contributed by atoms with van der Waals surface area (Å²) in [6, 6.07) is 16.9. The van der Waals surface area contributed by atoms with Gasteiger partial charge in [0.25, 0.3) is 5.56 Å². The molecule has 7 heteroatoms. The maximum absolute atomic E-state index is 12.5. The summed E-state index contributed by atoms with van der Waals surface area (Å²) in [5, 5.41) is 13.4. The first-order valence-electron chi connectivity index (χ1n) is 8.17. The Morgan fingerprint density at radius 2 is 1.85 bits per heavy atom. The largest absolute Gasteiger partial charge is 0.496 e. The number of nitrogens with one attached hydrogen (secondary N) is 1. The van der Waals surface area contributed by atoms with E-state index < -0.39 is 5.97 Å². The zero-order valence-corrected chi connectivity index (χ0v) is 14.3. The Labute approximate surface area is 153 Å². The Balaban J connectivity index is 1.82. The van der Waals surface area contributed by atoms with Gasteiger partial charge in [0.15, 0.2) is 0 Å². The van der Waals surface area contributed by atoms with E-state index in [2.05, 4.69) is 10.1 Å². The fourth-order valence-corrected chi connectivity index (χ4v) is 2.93. The lowest BCUT2D eigenvalue weighted by molar-refractivity contribution is 0.0697. The molecule has 2 heterocycles. The van der Waals surface area contributed by atoms with Crippen molar-refractivity contribution in [3.63, 3.8) is 0 Å². The number of fused-ring (bicyclic) bond motifs is 1. The predicted molar refractivity (Wildman–Crippen MR) is 100 cm³/mol. The average Bonchev–Trinajstić information content (AvgIpc) is 3.12. The van der Waals surface area contributed by atoms with Gasteiger partial charge in [-0.1, -0.05) is 24.3 Å². The summed E-state index contributed by atoms with van der Waals surface area (Å²) in [5.74, 6) is -0.333. The van der Waals surface area contributed by atoms with Gasteiger partial charge in [-0.3, -0.25) is 4.79 Å². The van der Waals surface area contributed by atoms with Crippen molar-refractivity contribution in [1.29, 1.82) is 0 Å². The number of carbonyl (C=O) groups is 1. The van der Waals surface area contributed by atoms with Crippen LogP contribution < -0.4 is 10.3 Å². The molecule has 0 aliphatic rings. The van der Waals surface area contributed by atoms with E-state index in [1.807, 2.05) is 24.3 Å². The highest BCUT2D eigenvalue weighted by molar-refractivity contribution is 5.88. The maximum atomic E-state index is 12.5. The van der Waals surface area contributed by atoms with Gasteiger partial charge < -0.3 is 14.8 Å². The molecule has 134 valence electrons. The van der Waals surface area contributed by atoms with Crippen molar-refractivity contribution in [3.05, 3.63) is 76.6 Å². The summed E-state index contributed by atoms with van der Waals surface area (Å²) in [7, 11) is 1.58. The Bertz CT molecular complexity index is 1210. The molecule has 0 saturated heterocycles. The van der Waals surface area contributed by atoms with Crippen LogP contribution in [0.3, 0.4) is 0 Å². The van der Waals surface area contributed by atoms with Gasteiger partial charge in [0.05, 0.1) is 24.1 Å². The number of methoxy groups -OCH3 is 1. The number of benzene rings is 2. The minimum absolute atomic E-state index is 0.185. The maximum Gasteiger partial charge on any atom is 0.335 e. The molecule has 2 N–H and O–H groups in total. The summed E-state index contributed by atoms with van der Waals surface area (Å²) >= 11 is 0. The van der Waals surface area contributed by atoms with Crippen LogP contribution in [0.15, 0.2) is 65.5 Å². The Morgan fingerprint density at radius 1 is 1.11 bits per heavy atom. The molecule has 4 rings (SSSR count). The fourth-order valence-electron chi connectivity index (χ4n) is 2.93. The zero-order chi connectivity index (χ0) is 19.0. The third kappa shape index (κ3) is 2.95. The quantitative estimate of drug-likeness (QED) is 0.582. The molecule has 0 fully saturated rings. The van der Waals surface area contributed by atoms with Crippen molar-refractivity contribution in [2.75, 3.05) is 7.11 Å². The predicted octanol–water partition coefficient (Wildman–Crippen LogP) is 3.06. The minimum atomic E-state index is -0.997. The topological polar surface area (TPSA) is 96.7 Å². The number of rotatable bonds is 4. The number of H-pyrrole nitrogens is 1. The van der Waals surface area contributed by atoms with Crippen LogP contribution in [0, 0.1) is 0 Å². The summed E-state index contributed by atoms with van der Waals surface area (Å²) in [6.45, 7) is 0. The van der Waals surface area contributed by atoms with E-state index in [9.17, 15) is 9.59 Å². The third-order valence-electron chi connectivity index (χ3n) is 4.27. The monoisotopic (exact) mass is 361 g/mol. The molecule has 2 aromatic heterocycles. The molecule has 0 aliphatic heterocycles. The van der Waals surface area contributed by atoms with Gasteiger partial charge in [0.2, 0.25) is 0 Å². The second-order valence-corrected chi connectivity index (χ2v) is 5.93. The summed E-state index contributed by atoms with van der Waals surface area (Å²) in [4.78, 5) is 26.7. The first-order valence-corrected chi connectivity index (χ1v) is 8.17. The standard InChI is InChI=1S/C20H15N3O4/c1-27-17-5-3-2-4-14(17)16-10-18-21-15(11-19(24)23(18)22-16)12-6-8-13(9-7-12)20(25)26/h2-11,21H,1H3,(H,25,26). The highest BCUT2D eigenvalue weighted by atomic mass is 16.5. The number of para-hydroxylation sites is 1. The first kappa shape index (κ1) is 16.6. The number of carboxylic acids is 1. The van der Waals surface area contributed by atoms with Crippen molar-refractivity contribution < 1.29 is 14.6 Å². The van der Waals surface area contributed by atoms with Gasteiger partial charge in [-0.2, -0.15) is 9.61 Å². The Kier molecular flexibility index (Phi) is 3.97. The Morgan fingerprint density at radius 3 is 2.56 bits per heavy atom. The van der Waals surface area contributed by atoms with Gasteiger partial charge in [-0.05, 0) is 29.8 Å². The molecule has 7 nitrogen and oxygen atoms in total. The van der Waals surface area contributed by atoms with Gasteiger partial charge >= 0.3 is 5.97 Å². The third-order valence-corrected chi connectivity index (χ3v) is 4.27. The van der Waals surface area contributed by atoms with E-state index in [1.165, 1.54) is 22.7 Å². The second kappa shape index (κ2) is 6.45. The van der Waals surface area contributed by atoms with E-state index in [4.69, 9.17) is 9.84 Å². The van der Waals surface area contributed by atoms with Crippen molar-refractivity contribution in [3.8, 4) is 28.3 Å². The van der Waals surface area contributed by atoms with E-state index in [-0.39, 0.29) is 11.1 Å². The van der Waals surface area contributed by atoms with Gasteiger partial charge in [-0.25, -0.2) is 4.79 Å². The number of hydrogen-bond acceptors (Lipinski definition) is 4. The van der Waals surface area contributed by atoms with Gasteiger partial charge in [0.1, 0.15) is 11.4 Å². The number of carboxylic acid groups (broad SMARTS) is 1. The highest BCUT2D eigenvalue weighted by Crippen LogP contribution is 2.29. The number of ether oxygens (including phenoxy) is 1. The number of nitrogens with zero attached hydrogens (tertiary/aromatic N) is 2. The summed E-state index contributed by atoms with van der Waals surface area (Å²) < 4.78 is 6.65. The molecule has 27 heavy (non-hydrogen) atoms. The van der Waals surface area contributed by atoms with Crippen LogP contribution in [0.5, 0.6) is 5.75 Å². The molecule has 2 aromatic carbocycles. The molecule has 0 aliphatic carbocycles. The molecule has 0 saturated carbocycles. The van der Waals surface area contributed by atoms with Crippen LogP contribution in [-0.2, 0) is 0 Å². The van der Waals surface area contributed by atoms with Crippen LogP contribution in [0.1, 0.15) is 10.4 Å². The van der Waals surface area contributed by atoms with E-state index in [0.29, 0.717) is 28.3 Å². The van der Waals surface area contributed by atoms with Gasteiger partial charge in [0, 0.05) is 17.7 Å². The second-order valence-electron chi connectivity index (χ2n) is 5.93. The Hall–Kier alpha value is -3.87. The SMILES string of the molecule is COc1ccccc1-c1cc2[nH]c(-c3ccc(C(=O)O)cc3)cc(=O)n2n1. The van der Waals surface area contributed by atoms with E-state index in [1.54, 1.807) is 25.3 Å². The highest BCUT2D eigenvalue weighted by Gasteiger charge is 2.13. The molecule has 0 bridgehead atoms. The van der Waals surface area contributed by atoms with Crippen LogP contribution in [0.4, 0.5) is 0 Å². The van der Waals surface area contributed by atoms with Crippen LogP contribution in [0.2, 0.25) is 0 Å². The lowest BCUT2D eigenvalue weighted by Gasteiger charge is -2.04. The number of aromatic amines is 1. The number of hydrogen-bond donors (Lipinski definition) is 2. The number of aromatic nitrogens is 3. The fraction of sp³-hybridized carbons (Fsp3) is 0.0500. The summed E-state index contributed by atoms with van der Waals surface area (Å²) in [6.07, 6.45) is 0. The van der Waals surface area contributed by atoms with Crippen molar-refractivity contribution in [2.24, 2.45) is 0 Å². The van der Waals surface area contributed by atoms with Crippen LogP contribution in [0.25, 0.3) is 28.2 Å². The smallest absolute Gasteiger partial charge is 0.335 e. The van der Waals surface area contributed by atoms with Crippen molar-refractivity contribution in [1.82, 2.24) is 14.6 Å². The normalized spacial score (nSPS) is 10.9. The molecule has 0 spiro atoms. The lowest BCUT2D eigenvalue weighted by atomic mass is 10.1. The molecular formula is C20H15N3O4. The molecule has 0 radical (unpaired) electrons. The number of aromatic carboxylic acids is 1. The van der Waals surface area contributed by atoms with E-state index >= 15 is 0 Å². The van der Waals surface area contributed by atoms with Crippen molar-refractivity contribution in [2.45, 2.75) is 0 Å². The van der Waals surface area contributed by atoms with Crippen LogP contribution >= 0.6 is 0 Å². The molecule has 0 amide bonds. The van der Waals surface area contributed by atoms with Gasteiger partial charge in [-0.15, -0.1) is 0 Å². The summed E-state index contributed by atoms with van der Waals surface area (Å²) in [5.41, 5.74) is 3.10. The lowest BCUT2D eigenvalue weighted by Crippen LogP contribution is -2.14. The molecule has 0 atom stereocenters. The van der Waals surface area contributed by atoms with Crippen molar-refractivity contribution >= 4 is 11.6 Å². The molecule has 4 aromatic rings. The molecular weight excluding hydrogens is 346 g/mol. The first-order chi connectivity index (χ1) is 13.1. The zero-order valence-electron chi connectivity index (χ0n) is 14.3. The van der Waals surface area contributed by atoms with Crippen LogP contribution in [-0.4, -0.2) is 32.8 Å². The minimum Gasteiger partial charge on any atom is -0.496 e. The molecule has 0 unspecified atom stereocenters. The van der Waals surface area contributed by atoms with E-state index in [0.717, 1.165) is 5.56 Å². The average molecular weight is 361 g/mol.